The molecule has 1 aliphatic heterocycles. The van der Waals surface area contributed by atoms with Crippen LogP contribution in [-0.4, -0.2) is 38.7 Å². The van der Waals surface area contributed by atoms with Gasteiger partial charge in [-0.2, -0.15) is 5.10 Å². The zero-order valence-electron chi connectivity index (χ0n) is 15.8. The lowest BCUT2D eigenvalue weighted by Gasteiger charge is -2.31. The number of rotatable bonds is 5. The van der Waals surface area contributed by atoms with Gasteiger partial charge in [-0.3, -0.25) is 14.5 Å². The summed E-state index contributed by atoms with van der Waals surface area (Å²) in [6.07, 6.45) is 0.842. The van der Waals surface area contributed by atoms with Gasteiger partial charge >= 0.3 is 0 Å². The Morgan fingerprint density at radius 3 is 3.00 bits per heavy atom. The second kappa shape index (κ2) is 7.89. The summed E-state index contributed by atoms with van der Waals surface area (Å²) >= 11 is 6.99. The van der Waals surface area contributed by atoms with Crippen molar-refractivity contribution in [3.05, 3.63) is 51.6 Å². The minimum atomic E-state index is -0.431. The molecule has 28 heavy (non-hydrogen) atoms. The molecule has 6 nitrogen and oxygen atoms in total. The highest BCUT2D eigenvalue weighted by molar-refractivity contribution is 7.71. The van der Waals surface area contributed by atoms with Crippen LogP contribution in [0.15, 0.2) is 35.7 Å². The molecule has 1 N–H and O–H groups in total. The number of aromatic amines is 1. The van der Waals surface area contributed by atoms with Crippen LogP contribution in [0, 0.1) is 4.77 Å². The number of carbonyl (C=O) groups excluding carboxylic acids is 1. The van der Waals surface area contributed by atoms with Crippen LogP contribution in [0.5, 0.6) is 5.75 Å². The lowest BCUT2D eigenvalue weighted by Crippen LogP contribution is -2.40. The number of H-pyrrole nitrogens is 1. The molecule has 0 fully saturated rings. The maximum absolute atomic E-state index is 13.3. The summed E-state index contributed by atoms with van der Waals surface area (Å²) in [4.78, 5) is 16.2. The van der Waals surface area contributed by atoms with E-state index in [4.69, 9.17) is 17.0 Å². The van der Waals surface area contributed by atoms with E-state index in [0.29, 0.717) is 30.3 Å². The lowest BCUT2D eigenvalue weighted by molar-refractivity contribution is -0.135. The predicted octanol–water partition coefficient (Wildman–Crippen LogP) is 4.21. The largest absolute Gasteiger partial charge is 0.494 e. The minimum Gasteiger partial charge on any atom is -0.494 e. The summed E-state index contributed by atoms with van der Waals surface area (Å²) in [5, 5.41) is 9.17. The molecule has 3 heterocycles. The third kappa shape index (κ3) is 3.49. The van der Waals surface area contributed by atoms with E-state index in [9.17, 15) is 4.79 Å². The molecule has 1 aromatic carbocycles. The Kier molecular flexibility index (Phi) is 5.32. The smallest absolute Gasteiger partial charge is 0.245 e. The third-order valence-corrected chi connectivity index (χ3v) is 6.16. The van der Waals surface area contributed by atoms with Gasteiger partial charge in [-0.15, -0.1) is 11.3 Å². The summed E-state index contributed by atoms with van der Waals surface area (Å²) in [7, 11) is 0. The van der Waals surface area contributed by atoms with E-state index in [2.05, 4.69) is 16.3 Å². The first-order valence-corrected chi connectivity index (χ1v) is 10.6. The quantitative estimate of drug-likeness (QED) is 0.635. The Morgan fingerprint density at radius 2 is 2.25 bits per heavy atom. The molecular formula is C20H22N4O2S2. The molecule has 1 amide bonds. The van der Waals surface area contributed by atoms with Crippen LogP contribution in [0.3, 0.4) is 0 Å². The van der Waals surface area contributed by atoms with Crippen molar-refractivity contribution in [2.45, 2.75) is 32.9 Å². The number of hydrogen-bond acceptors (Lipinski definition) is 5. The molecule has 3 aromatic rings. The van der Waals surface area contributed by atoms with Crippen molar-refractivity contribution < 1.29 is 9.53 Å². The number of hydrogen-bond donors (Lipinski definition) is 1. The maximum atomic E-state index is 13.3. The van der Waals surface area contributed by atoms with Gasteiger partial charge in [-0.25, -0.2) is 0 Å². The van der Waals surface area contributed by atoms with Crippen LogP contribution in [0.1, 0.15) is 31.0 Å². The molecule has 146 valence electrons. The van der Waals surface area contributed by atoms with Crippen molar-refractivity contribution in [3.8, 4) is 16.5 Å². The normalized spacial score (nSPS) is 14.6. The number of nitrogens with zero attached hydrogens (tertiary/aromatic N) is 3. The highest BCUT2D eigenvalue weighted by atomic mass is 32.1. The first-order valence-electron chi connectivity index (χ1n) is 9.32. The van der Waals surface area contributed by atoms with Crippen molar-refractivity contribution >= 4 is 29.5 Å². The molecule has 0 radical (unpaired) electrons. The lowest BCUT2D eigenvalue weighted by atomic mass is 9.99. The maximum Gasteiger partial charge on any atom is 0.245 e. The van der Waals surface area contributed by atoms with Gasteiger partial charge in [0.05, 0.1) is 11.5 Å². The van der Waals surface area contributed by atoms with Gasteiger partial charge in [0.2, 0.25) is 5.91 Å². The van der Waals surface area contributed by atoms with Crippen LogP contribution in [0.4, 0.5) is 0 Å². The average Bonchev–Trinajstić information content (AvgIpc) is 3.36. The molecule has 0 aliphatic carbocycles. The van der Waals surface area contributed by atoms with Gasteiger partial charge in [0, 0.05) is 13.1 Å². The standard InChI is InChI=1S/C20H22N4O2S2/c1-3-26-16-7-6-14-8-9-23(12-15(14)11-16)19(25)13(2)24-18(21-22-20(24)27)17-5-4-10-28-17/h4-7,10-11,13H,3,8-9,12H2,1-2H3,(H,22,27). The highest BCUT2D eigenvalue weighted by Crippen LogP contribution is 2.29. The van der Waals surface area contributed by atoms with E-state index in [1.165, 1.54) is 5.56 Å². The number of aromatic nitrogens is 3. The SMILES string of the molecule is CCOc1ccc2c(c1)CN(C(=O)C(C)n1c(-c3cccs3)n[nH]c1=S)CC2. The number of nitrogens with one attached hydrogen (secondary N) is 1. The molecule has 1 aliphatic rings. The van der Waals surface area contributed by atoms with E-state index < -0.39 is 6.04 Å². The fourth-order valence-electron chi connectivity index (χ4n) is 3.60. The summed E-state index contributed by atoms with van der Waals surface area (Å²) in [6.45, 7) is 5.76. The summed E-state index contributed by atoms with van der Waals surface area (Å²) < 4.78 is 7.89. The zero-order chi connectivity index (χ0) is 19.7. The first kappa shape index (κ1) is 18.9. The number of ether oxygens (including phenoxy) is 1. The molecule has 8 heteroatoms. The van der Waals surface area contributed by atoms with Gasteiger partial charge in [0.15, 0.2) is 10.6 Å². The Balaban J connectivity index is 1.58. The number of fused-ring (bicyclic) bond motifs is 1. The molecule has 2 aromatic heterocycles. The van der Waals surface area contributed by atoms with Crippen molar-refractivity contribution in [1.82, 2.24) is 19.7 Å². The Bertz CT molecular complexity index is 1040. The number of thiophene rings is 1. The van der Waals surface area contributed by atoms with E-state index in [1.807, 2.05) is 53.0 Å². The third-order valence-electron chi connectivity index (χ3n) is 5.00. The molecule has 0 saturated carbocycles. The van der Waals surface area contributed by atoms with Gasteiger partial charge < -0.3 is 9.64 Å². The van der Waals surface area contributed by atoms with Crippen LogP contribution >= 0.6 is 23.6 Å². The monoisotopic (exact) mass is 414 g/mol. The van der Waals surface area contributed by atoms with Crippen LogP contribution < -0.4 is 4.74 Å². The van der Waals surface area contributed by atoms with E-state index in [1.54, 1.807) is 11.3 Å². The number of amides is 1. The molecule has 0 bridgehead atoms. The minimum absolute atomic E-state index is 0.0442. The van der Waals surface area contributed by atoms with Gasteiger partial charge in [0.25, 0.3) is 0 Å². The Hall–Kier alpha value is -2.45. The average molecular weight is 415 g/mol. The molecule has 1 atom stereocenters. The van der Waals surface area contributed by atoms with Gasteiger partial charge in [0.1, 0.15) is 11.8 Å². The number of benzene rings is 1. The summed E-state index contributed by atoms with van der Waals surface area (Å²) in [5.41, 5.74) is 2.42. The zero-order valence-corrected chi connectivity index (χ0v) is 17.5. The van der Waals surface area contributed by atoms with Gasteiger partial charge in [-0.1, -0.05) is 12.1 Å². The fraction of sp³-hybridized carbons (Fsp3) is 0.350. The van der Waals surface area contributed by atoms with Crippen molar-refractivity contribution in [1.29, 1.82) is 0 Å². The molecule has 4 rings (SSSR count). The van der Waals surface area contributed by atoms with E-state index in [-0.39, 0.29) is 5.91 Å². The van der Waals surface area contributed by atoms with E-state index in [0.717, 1.165) is 22.6 Å². The summed E-state index contributed by atoms with van der Waals surface area (Å²) in [6, 6.07) is 9.67. The molecule has 0 saturated heterocycles. The Morgan fingerprint density at radius 1 is 1.39 bits per heavy atom. The summed E-state index contributed by atoms with van der Waals surface area (Å²) in [5.74, 6) is 1.60. The molecular weight excluding hydrogens is 392 g/mol. The predicted molar refractivity (Wildman–Crippen MR) is 112 cm³/mol. The van der Waals surface area contributed by atoms with Crippen molar-refractivity contribution in [2.75, 3.05) is 13.2 Å². The highest BCUT2D eigenvalue weighted by Gasteiger charge is 2.28. The number of carbonyl (C=O) groups is 1. The van der Waals surface area contributed by atoms with Crippen molar-refractivity contribution in [3.63, 3.8) is 0 Å². The molecule has 0 spiro atoms. The Labute approximate surface area is 172 Å². The first-order chi connectivity index (χ1) is 13.6. The van der Waals surface area contributed by atoms with Crippen molar-refractivity contribution in [2.24, 2.45) is 0 Å². The van der Waals surface area contributed by atoms with E-state index >= 15 is 0 Å². The van der Waals surface area contributed by atoms with Gasteiger partial charge in [-0.05, 0) is 67.2 Å². The second-order valence-electron chi connectivity index (χ2n) is 6.75. The molecule has 1 unspecified atom stereocenters. The topological polar surface area (TPSA) is 63.1 Å². The second-order valence-corrected chi connectivity index (χ2v) is 8.08. The fourth-order valence-corrected chi connectivity index (χ4v) is 4.60. The van der Waals surface area contributed by atoms with Crippen LogP contribution in [-0.2, 0) is 17.8 Å². The van der Waals surface area contributed by atoms with Crippen LogP contribution in [0.25, 0.3) is 10.7 Å². The van der Waals surface area contributed by atoms with Crippen LogP contribution in [0.2, 0.25) is 0 Å².